The van der Waals surface area contributed by atoms with Crippen molar-refractivity contribution >= 4 is 17.7 Å². The molecular weight excluding hydrogens is 456 g/mol. The van der Waals surface area contributed by atoms with Crippen molar-refractivity contribution in [1.29, 1.82) is 0 Å². The molecule has 0 spiro atoms. The Morgan fingerprint density at radius 3 is 2.61 bits per heavy atom. The van der Waals surface area contributed by atoms with Gasteiger partial charge in [0.25, 0.3) is 0 Å². The highest BCUT2D eigenvalue weighted by Gasteiger charge is 2.22. The van der Waals surface area contributed by atoms with E-state index in [-0.39, 0.29) is 25.0 Å². The number of carbonyl (C=O) groups excluding carboxylic acids is 2. The smallest absolute Gasteiger partial charge is 0.331 e. The van der Waals surface area contributed by atoms with Crippen LogP contribution in [0.1, 0.15) is 70.8 Å². The minimum absolute atomic E-state index is 0.0134. The summed E-state index contributed by atoms with van der Waals surface area (Å²) in [5.74, 6) is -1.76. The topological polar surface area (TPSA) is 101 Å². The normalized spacial score (nSPS) is 23.9. The van der Waals surface area contributed by atoms with Crippen molar-refractivity contribution in [2.45, 2.75) is 83.8 Å². The van der Waals surface area contributed by atoms with Crippen LogP contribution < -0.4 is 0 Å². The summed E-state index contributed by atoms with van der Waals surface area (Å²) in [7, 11) is 0. The first-order valence-corrected chi connectivity index (χ1v) is 12.5. The standard InChI is InChI=1S/C30H38O6/c1-22(13-15-24-10-6-4-7-11-24)14-16-26(31)20-28-21-27(32)17-23(2)9-5-3-8-12-25(18-29(33)34)19-30(35)36-28/h3-4,6-11,13,19,27-28,32H,5,12,14-18,20-21H2,1-2H3,(H,33,34)/b8-3+,22-13+,23-9+,25-19+/t27-,28?/m1/s1. The summed E-state index contributed by atoms with van der Waals surface area (Å²) >= 11 is 0. The van der Waals surface area contributed by atoms with Crippen molar-refractivity contribution in [2.24, 2.45) is 0 Å². The molecule has 2 N–H and O–H groups in total. The van der Waals surface area contributed by atoms with E-state index >= 15 is 0 Å². The number of rotatable bonds is 9. The van der Waals surface area contributed by atoms with Crippen molar-refractivity contribution < 1.29 is 29.3 Å². The number of hydrogen-bond acceptors (Lipinski definition) is 5. The van der Waals surface area contributed by atoms with Crippen molar-refractivity contribution in [3.05, 3.63) is 83.0 Å². The highest BCUT2D eigenvalue weighted by molar-refractivity contribution is 5.85. The summed E-state index contributed by atoms with van der Waals surface area (Å²) in [6.45, 7) is 3.93. The van der Waals surface area contributed by atoms with E-state index in [9.17, 15) is 19.5 Å². The third-order valence-corrected chi connectivity index (χ3v) is 6.01. The monoisotopic (exact) mass is 494 g/mol. The van der Waals surface area contributed by atoms with E-state index in [1.807, 2.05) is 50.3 Å². The zero-order valence-electron chi connectivity index (χ0n) is 21.3. The molecule has 2 rings (SSSR count). The largest absolute Gasteiger partial charge is 0.481 e. The molecule has 194 valence electrons. The van der Waals surface area contributed by atoms with Gasteiger partial charge in [-0.15, -0.1) is 0 Å². The van der Waals surface area contributed by atoms with Gasteiger partial charge in [0.05, 0.1) is 12.5 Å². The number of carboxylic acid groups (broad SMARTS) is 1. The second-order valence-electron chi connectivity index (χ2n) is 9.47. The molecule has 36 heavy (non-hydrogen) atoms. The Morgan fingerprint density at radius 1 is 1.14 bits per heavy atom. The fraction of sp³-hybridized carbons (Fsp3) is 0.433. The molecule has 1 aromatic rings. The average Bonchev–Trinajstić information content (AvgIpc) is 2.80. The predicted octanol–water partition coefficient (Wildman–Crippen LogP) is 5.67. The molecule has 0 fully saturated rings. The maximum absolute atomic E-state index is 12.7. The van der Waals surface area contributed by atoms with Crippen LogP contribution in [-0.4, -0.2) is 40.1 Å². The molecule has 0 aliphatic carbocycles. The van der Waals surface area contributed by atoms with Gasteiger partial charge in [0.15, 0.2) is 0 Å². The average molecular weight is 495 g/mol. The minimum atomic E-state index is -1.03. The second-order valence-corrected chi connectivity index (χ2v) is 9.47. The number of benzene rings is 1. The quantitative estimate of drug-likeness (QED) is 0.339. The van der Waals surface area contributed by atoms with Crippen molar-refractivity contribution in [2.75, 3.05) is 0 Å². The zero-order chi connectivity index (χ0) is 26.3. The van der Waals surface area contributed by atoms with Crippen LogP contribution in [0.15, 0.2) is 77.4 Å². The molecule has 6 nitrogen and oxygen atoms in total. The first-order valence-electron chi connectivity index (χ1n) is 12.5. The van der Waals surface area contributed by atoms with E-state index in [1.54, 1.807) is 0 Å². The van der Waals surface area contributed by atoms with Gasteiger partial charge in [-0.3, -0.25) is 9.59 Å². The molecule has 1 heterocycles. The van der Waals surface area contributed by atoms with Crippen LogP contribution in [0.3, 0.4) is 0 Å². The first-order chi connectivity index (χ1) is 17.2. The predicted molar refractivity (Wildman–Crippen MR) is 140 cm³/mol. The van der Waals surface area contributed by atoms with Gasteiger partial charge in [-0.25, -0.2) is 4.79 Å². The van der Waals surface area contributed by atoms with Crippen LogP contribution in [0.2, 0.25) is 0 Å². The Balaban J connectivity index is 2.04. The van der Waals surface area contributed by atoms with Gasteiger partial charge < -0.3 is 14.9 Å². The van der Waals surface area contributed by atoms with Crippen LogP contribution in [0.25, 0.3) is 0 Å². The summed E-state index contributed by atoms with van der Waals surface area (Å²) < 4.78 is 5.55. The van der Waals surface area contributed by atoms with Crippen molar-refractivity contribution in [1.82, 2.24) is 0 Å². The maximum Gasteiger partial charge on any atom is 0.331 e. The Bertz CT molecular complexity index is 1000. The number of aliphatic hydroxyl groups is 1. The van der Waals surface area contributed by atoms with Crippen LogP contribution in [-0.2, 0) is 25.5 Å². The molecule has 0 bridgehead atoms. The highest BCUT2D eigenvalue weighted by atomic mass is 16.5. The Hall–Kier alpha value is -3.25. The molecule has 0 aromatic heterocycles. The van der Waals surface area contributed by atoms with Crippen LogP contribution >= 0.6 is 0 Å². The Morgan fingerprint density at radius 2 is 1.89 bits per heavy atom. The lowest BCUT2D eigenvalue weighted by Gasteiger charge is -2.21. The van der Waals surface area contributed by atoms with E-state index < -0.39 is 24.1 Å². The molecule has 2 atom stereocenters. The van der Waals surface area contributed by atoms with E-state index in [4.69, 9.17) is 9.84 Å². The van der Waals surface area contributed by atoms with Crippen molar-refractivity contribution in [3.63, 3.8) is 0 Å². The zero-order valence-corrected chi connectivity index (χ0v) is 21.3. The minimum Gasteiger partial charge on any atom is -0.481 e. The van der Waals surface area contributed by atoms with Gasteiger partial charge in [-0.1, -0.05) is 65.8 Å². The van der Waals surface area contributed by atoms with Gasteiger partial charge in [0.2, 0.25) is 0 Å². The van der Waals surface area contributed by atoms with E-state index in [0.29, 0.717) is 37.7 Å². The Labute approximate surface area is 214 Å². The van der Waals surface area contributed by atoms with Crippen LogP contribution in [0, 0.1) is 0 Å². The number of carbonyl (C=O) groups is 3. The lowest BCUT2D eigenvalue weighted by Crippen LogP contribution is -2.26. The first kappa shape index (κ1) is 29.0. The van der Waals surface area contributed by atoms with Gasteiger partial charge in [0.1, 0.15) is 11.9 Å². The molecule has 1 aliphatic heterocycles. The molecule has 0 amide bonds. The molecule has 0 radical (unpaired) electrons. The molecule has 1 unspecified atom stereocenters. The fourth-order valence-electron chi connectivity index (χ4n) is 4.06. The number of hydrogen-bond donors (Lipinski definition) is 2. The molecular formula is C30H38O6. The van der Waals surface area contributed by atoms with E-state index in [1.165, 1.54) is 11.6 Å². The lowest BCUT2D eigenvalue weighted by atomic mass is 9.98. The van der Waals surface area contributed by atoms with Gasteiger partial charge in [0, 0.05) is 25.3 Å². The third kappa shape index (κ3) is 12.5. The van der Waals surface area contributed by atoms with Gasteiger partial charge >= 0.3 is 11.9 Å². The molecule has 1 aromatic carbocycles. The molecule has 1 aliphatic rings. The summed E-state index contributed by atoms with van der Waals surface area (Å²) in [6, 6.07) is 10.1. The number of allylic oxidation sites excluding steroid dienone is 5. The number of aliphatic hydroxyl groups excluding tert-OH is 1. The second kappa shape index (κ2) is 15.7. The van der Waals surface area contributed by atoms with E-state index in [2.05, 4.69) is 18.2 Å². The number of ketones is 1. The van der Waals surface area contributed by atoms with E-state index in [0.717, 1.165) is 17.6 Å². The fourth-order valence-corrected chi connectivity index (χ4v) is 4.06. The molecule has 0 saturated heterocycles. The number of carboxylic acids is 1. The number of ether oxygens (including phenoxy) is 1. The van der Waals surface area contributed by atoms with Crippen molar-refractivity contribution in [3.8, 4) is 0 Å². The summed E-state index contributed by atoms with van der Waals surface area (Å²) in [5, 5.41) is 19.7. The molecule has 6 heteroatoms. The number of esters is 1. The van der Waals surface area contributed by atoms with Gasteiger partial charge in [-0.05, 0) is 57.1 Å². The SMILES string of the molecule is C/C(=C\Cc1ccccc1)CCC(=O)CC1C[C@H](O)C/C(C)=C/C/C=C/C/C(CC(=O)O)=C\C(=O)O1. The maximum atomic E-state index is 12.7. The Kier molecular flexibility index (Phi) is 12.6. The van der Waals surface area contributed by atoms with Crippen LogP contribution in [0.5, 0.6) is 0 Å². The summed E-state index contributed by atoms with van der Waals surface area (Å²) in [5.41, 5.74) is 3.75. The summed E-state index contributed by atoms with van der Waals surface area (Å²) in [6.07, 6.45) is 10.6. The highest BCUT2D eigenvalue weighted by Crippen LogP contribution is 2.19. The number of aliphatic carboxylic acids is 1. The van der Waals surface area contributed by atoms with Gasteiger partial charge in [-0.2, -0.15) is 0 Å². The van der Waals surface area contributed by atoms with Crippen LogP contribution in [0.4, 0.5) is 0 Å². The number of cyclic esters (lactones) is 1. The summed E-state index contributed by atoms with van der Waals surface area (Å²) in [4.78, 5) is 36.5. The molecule has 0 saturated carbocycles. The lowest BCUT2D eigenvalue weighted by molar-refractivity contribution is -0.146. The third-order valence-electron chi connectivity index (χ3n) is 6.01. The number of Topliss-reactive ketones (excluding diaryl/α,β-unsaturated/α-hetero) is 1.